The highest BCUT2D eigenvalue weighted by atomic mass is 16.3. The minimum atomic E-state index is -0.286. The van der Waals surface area contributed by atoms with Gasteiger partial charge in [-0.3, -0.25) is 0 Å². The Bertz CT molecular complexity index is 3680. The van der Waals surface area contributed by atoms with Crippen molar-refractivity contribution >= 4 is 88.6 Å². The Labute approximate surface area is 339 Å². The van der Waals surface area contributed by atoms with E-state index in [0.717, 1.165) is 61.0 Å². The predicted octanol–water partition coefficient (Wildman–Crippen LogP) is 12.6. The van der Waals surface area contributed by atoms with Crippen molar-refractivity contribution in [1.29, 1.82) is 0 Å². The van der Waals surface area contributed by atoms with Crippen molar-refractivity contribution in [2.45, 2.75) is 13.1 Å². The van der Waals surface area contributed by atoms with Gasteiger partial charge in [-0.05, 0) is 99.3 Å². The molecule has 11 aromatic rings. The lowest BCUT2D eigenvalue weighted by Crippen LogP contribution is -2.33. The van der Waals surface area contributed by atoms with Gasteiger partial charge in [-0.25, -0.2) is 9.98 Å². The summed E-state index contributed by atoms with van der Waals surface area (Å²) in [5.41, 5.74) is 11.9. The Balaban J connectivity index is 1.00. The van der Waals surface area contributed by atoms with E-state index in [-0.39, 0.29) is 6.17 Å². The van der Waals surface area contributed by atoms with Crippen LogP contribution in [-0.2, 0) is 0 Å². The molecular formula is C54H36N4O. The summed E-state index contributed by atoms with van der Waals surface area (Å²) in [4.78, 5) is 10.3. The lowest BCUT2D eigenvalue weighted by molar-refractivity contribution is 0.669. The lowest BCUT2D eigenvalue weighted by atomic mass is 9.97. The average molecular weight is 757 g/mol. The summed E-state index contributed by atoms with van der Waals surface area (Å²) in [6.07, 6.45) is 3.74. The monoisotopic (exact) mass is 756 g/mol. The fourth-order valence-electron chi connectivity index (χ4n) is 9.31. The highest BCUT2D eigenvalue weighted by molar-refractivity contribution is 6.22. The van der Waals surface area contributed by atoms with Gasteiger partial charge in [-0.15, -0.1) is 0 Å². The zero-order valence-electron chi connectivity index (χ0n) is 32.3. The van der Waals surface area contributed by atoms with Crippen molar-refractivity contribution < 1.29 is 4.42 Å². The van der Waals surface area contributed by atoms with E-state index >= 15 is 0 Å². The second-order valence-corrected chi connectivity index (χ2v) is 15.5. The molecule has 0 bridgehead atoms. The average Bonchev–Trinajstić information content (AvgIpc) is 3.93. The summed E-state index contributed by atoms with van der Waals surface area (Å²) in [6.45, 7) is 6.28. The maximum atomic E-state index is 6.55. The molecule has 3 aromatic heterocycles. The first kappa shape index (κ1) is 33.4. The second kappa shape index (κ2) is 12.9. The fraction of sp³-hybridized carbons (Fsp3) is 0.0370. The lowest BCUT2D eigenvalue weighted by Gasteiger charge is -2.24. The van der Waals surface area contributed by atoms with E-state index in [1.54, 1.807) is 0 Å². The molecule has 278 valence electrons. The smallest absolute Gasteiger partial charge is 0.159 e. The number of nitrogens with one attached hydrogen (secondary N) is 1. The standard InChI is InChI=1S/C54H36N4O/c1-3-12-42-41-19-9-10-20-46(41)58-47-31-44-38(30-43(47)32(2)51(42)58)24-26-49-50(44)45-29-37(23-25-48(45)59-49)36-17-11-18-39(28-36)53-55-52(34-14-5-4-6-15-34)56-54(57-53)40-22-21-33-13-7-8-16-35(33)27-40/h3-31,52H,1H2,2H3,(H,55,56,57)/b42-12-. The number of allylic oxidation sites excluding steroid dienone is 1. The summed E-state index contributed by atoms with van der Waals surface area (Å²) in [7, 11) is 0. The first-order valence-electron chi connectivity index (χ1n) is 20.0. The highest BCUT2D eigenvalue weighted by Gasteiger charge is 2.22. The molecule has 1 N–H and O–H groups in total. The molecule has 0 fully saturated rings. The molecule has 5 nitrogen and oxygen atoms in total. The summed E-state index contributed by atoms with van der Waals surface area (Å²) in [6, 6.07) is 58.1. The number of aryl methyl sites for hydroxylation is 1. The Hall–Kier alpha value is -7.76. The first-order chi connectivity index (χ1) is 29.1. The van der Waals surface area contributed by atoms with Crippen LogP contribution in [0.15, 0.2) is 191 Å². The topological polar surface area (TPSA) is 54.3 Å². The van der Waals surface area contributed by atoms with Crippen LogP contribution < -0.4 is 10.5 Å². The molecule has 5 heteroatoms. The Morgan fingerprint density at radius 2 is 1.36 bits per heavy atom. The third-order valence-electron chi connectivity index (χ3n) is 12.1. The number of fused-ring (bicyclic) bond motifs is 11. The van der Waals surface area contributed by atoms with Crippen molar-refractivity contribution in [3.63, 3.8) is 0 Å². The minimum absolute atomic E-state index is 0.286. The van der Waals surface area contributed by atoms with Gasteiger partial charge in [-0.2, -0.15) is 0 Å². The summed E-state index contributed by atoms with van der Waals surface area (Å²) in [5, 5.41) is 14.3. The number of nitrogens with zero attached hydrogens (tertiary/aromatic N) is 3. The van der Waals surface area contributed by atoms with Crippen LogP contribution in [0.25, 0.3) is 88.0 Å². The van der Waals surface area contributed by atoms with Crippen LogP contribution in [0.2, 0.25) is 0 Å². The van der Waals surface area contributed by atoms with Crippen LogP contribution in [0.1, 0.15) is 28.4 Å². The van der Waals surface area contributed by atoms with E-state index in [4.69, 9.17) is 14.4 Å². The number of benzene rings is 8. The van der Waals surface area contributed by atoms with Gasteiger partial charge < -0.3 is 14.1 Å². The van der Waals surface area contributed by atoms with E-state index in [0.29, 0.717) is 5.84 Å². The predicted molar refractivity (Wildman–Crippen MR) is 247 cm³/mol. The van der Waals surface area contributed by atoms with Crippen molar-refractivity contribution in [2.75, 3.05) is 0 Å². The van der Waals surface area contributed by atoms with Gasteiger partial charge in [0.15, 0.2) is 5.84 Å². The van der Waals surface area contributed by atoms with Gasteiger partial charge in [0, 0.05) is 37.9 Å². The van der Waals surface area contributed by atoms with Gasteiger partial charge in [-0.1, -0.05) is 134 Å². The molecule has 1 unspecified atom stereocenters. The molecule has 4 heterocycles. The molecular weight excluding hydrogens is 721 g/mol. The van der Waals surface area contributed by atoms with Crippen LogP contribution in [0.4, 0.5) is 0 Å². The number of amidine groups is 2. The van der Waals surface area contributed by atoms with Crippen LogP contribution in [-0.4, -0.2) is 16.1 Å². The van der Waals surface area contributed by atoms with Crippen molar-refractivity contribution in [3.8, 4) is 11.1 Å². The minimum Gasteiger partial charge on any atom is -0.456 e. The van der Waals surface area contributed by atoms with Gasteiger partial charge >= 0.3 is 0 Å². The molecule has 8 aromatic carbocycles. The van der Waals surface area contributed by atoms with Gasteiger partial charge in [0.1, 0.15) is 23.2 Å². The molecule has 0 amide bonds. The number of para-hydroxylation sites is 1. The summed E-state index contributed by atoms with van der Waals surface area (Å²) in [5.74, 6) is 1.49. The Morgan fingerprint density at radius 3 is 2.25 bits per heavy atom. The second-order valence-electron chi connectivity index (χ2n) is 15.5. The van der Waals surface area contributed by atoms with E-state index in [2.05, 4.69) is 187 Å². The molecule has 0 saturated carbocycles. The molecule has 1 aliphatic heterocycles. The zero-order chi connectivity index (χ0) is 39.2. The van der Waals surface area contributed by atoms with Gasteiger partial charge in [0.2, 0.25) is 0 Å². The van der Waals surface area contributed by atoms with Crippen LogP contribution in [0.5, 0.6) is 0 Å². The normalized spacial score (nSPS) is 14.9. The van der Waals surface area contributed by atoms with E-state index < -0.39 is 0 Å². The number of furan rings is 1. The number of hydrogen-bond donors (Lipinski definition) is 1. The largest absolute Gasteiger partial charge is 0.456 e. The quantitative estimate of drug-likeness (QED) is 0.190. The maximum absolute atomic E-state index is 6.55. The van der Waals surface area contributed by atoms with Crippen LogP contribution in [0.3, 0.4) is 0 Å². The molecule has 1 atom stereocenters. The van der Waals surface area contributed by atoms with Gasteiger partial charge in [0.05, 0.1) is 16.6 Å². The van der Waals surface area contributed by atoms with Gasteiger partial charge in [0.25, 0.3) is 0 Å². The molecule has 0 saturated heterocycles. The SMILES string of the molecule is C=C/C=c1/c2ccccc2n2c1c(C)c1cc3ccc4oc5ccc(-c6cccc(C7=NC(c8ccc9ccccc9c8)=NC(c8ccccc8)N7)c6)cc5c4c3cc12. The van der Waals surface area contributed by atoms with E-state index in [9.17, 15) is 0 Å². The third-order valence-corrected chi connectivity index (χ3v) is 12.1. The van der Waals surface area contributed by atoms with Crippen molar-refractivity contribution in [1.82, 2.24) is 9.72 Å². The third kappa shape index (κ3) is 5.18. The summed E-state index contributed by atoms with van der Waals surface area (Å²) < 4.78 is 8.97. The fourth-order valence-corrected chi connectivity index (χ4v) is 9.31. The van der Waals surface area contributed by atoms with Crippen molar-refractivity contribution in [3.05, 3.63) is 204 Å². The maximum Gasteiger partial charge on any atom is 0.159 e. The highest BCUT2D eigenvalue weighted by Crippen LogP contribution is 2.40. The number of rotatable bonds is 5. The Kier molecular flexibility index (Phi) is 7.29. The molecule has 0 radical (unpaired) electrons. The van der Waals surface area contributed by atoms with Crippen LogP contribution >= 0.6 is 0 Å². The molecule has 59 heavy (non-hydrogen) atoms. The number of hydrogen-bond acceptors (Lipinski definition) is 4. The molecule has 0 aliphatic carbocycles. The van der Waals surface area contributed by atoms with E-state index in [1.807, 2.05) is 12.1 Å². The zero-order valence-corrected chi connectivity index (χ0v) is 32.3. The van der Waals surface area contributed by atoms with Crippen molar-refractivity contribution in [2.24, 2.45) is 9.98 Å². The molecule has 12 rings (SSSR count). The number of aromatic nitrogens is 1. The first-order valence-corrected chi connectivity index (χ1v) is 20.0. The molecule has 0 spiro atoms. The number of aliphatic imine (C=N–C) groups is 2. The Morgan fingerprint density at radius 1 is 0.593 bits per heavy atom. The van der Waals surface area contributed by atoms with E-state index in [1.165, 1.54) is 54.3 Å². The van der Waals surface area contributed by atoms with Crippen LogP contribution in [0, 0.1) is 6.92 Å². The molecule has 1 aliphatic rings. The summed E-state index contributed by atoms with van der Waals surface area (Å²) >= 11 is 0.